The molecule has 0 atom stereocenters. The number of amides is 1. The van der Waals surface area contributed by atoms with Crippen molar-refractivity contribution in [3.63, 3.8) is 0 Å². The Labute approximate surface area is 140 Å². The molecule has 0 aliphatic rings. The van der Waals surface area contributed by atoms with E-state index >= 15 is 0 Å². The number of aromatic nitrogens is 2. The van der Waals surface area contributed by atoms with Gasteiger partial charge < -0.3 is 14.5 Å². The Morgan fingerprint density at radius 1 is 1.33 bits per heavy atom. The molecule has 1 amide bonds. The SMILES string of the molecule is Cc1cccc(OCc2ccc(C(=O)NCc3cnn(C)c3)o2)c1. The van der Waals surface area contributed by atoms with E-state index in [1.54, 1.807) is 23.0 Å². The molecule has 0 bridgehead atoms. The lowest BCUT2D eigenvalue weighted by Crippen LogP contribution is -2.22. The fourth-order valence-electron chi connectivity index (χ4n) is 2.27. The van der Waals surface area contributed by atoms with E-state index in [1.165, 1.54) is 0 Å². The molecule has 6 heteroatoms. The van der Waals surface area contributed by atoms with Gasteiger partial charge in [0.15, 0.2) is 5.76 Å². The van der Waals surface area contributed by atoms with Crippen molar-refractivity contribution in [2.75, 3.05) is 0 Å². The van der Waals surface area contributed by atoms with Crippen LogP contribution in [0.4, 0.5) is 0 Å². The average molecular weight is 325 g/mol. The molecule has 3 aromatic rings. The van der Waals surface area contributed by atoms with Crippen LogP contribution in [0.5, 0.6) is 5.75 Å². The second kappa shape index (κ2) is 7.04. The van der Waals surface area contributed by atoms with Crippen molar-refractivity contribution in [2.24, 2.45) is 7.05 Å². The van der Waals surface area contributed by atoms with E-state index in [0.29, 0.717) is 12.3 Å². The van der Waals surface area contributed by atoms with E-state index in [-0.39, 0.29) is 18.3 Å². The van der Waals surface area contributed by atoms with Crippen molar-refractivity contribution in [1.82, 2.24) is 15.1 Å². The first-order valence-corrected chi connectivity index (χ1v) is 7.64. The van der Waals surface area contributed by atoms with Crippen LogP contribution in [0.2, 0.25) is 0 Å². The van der Waals surface area contributed by atoms with Gasteiger partial charge in [0.2, 0.25) is 0 Å². The summed E-state index contributed by atoms with van der Waals surface area (Å²) >= 11 is 0. The third kappa shape index (κ3) is 4.04. The van der Waals surface area contributed by atoms with E-state index in [1.807, 2.05) is 44.4 Å². The van der Waals surface area contributed by atoms with E-state index in [0.717, 1.165) is 16.9 Å². The highest BCUT2D eigenvalue weighted by molar-refractivity contribution is 5.91. The number of rotatable bonds is 6. The molecule has 0 saturated carbocycles. The summed E-state index contributed by atoms with van der Waals surface area (Å²) in [6, 6.07) is 11.2. The average Bonchev–Trinajstić information content (AvgIpc) is 3.20. The molecular weight excluding hydrogens is 306 g/mol. The maximum Gasteiger partial charge on any atom is 0.287 e. The maximum atomic E-state index is 12.1. The first-order chi connectivity index (χ1) is 11.6. The quantitative estimate of drug-likeness (QED) is 0.756. The van der Waals surface area contributed by atoms with E-state index in [2.05, 4.69) is 10.4 Å². The van der Waals surface area contributed by atoms with Gasteiger partial charge >= 0.3 is 0 Å². The van der Waals surface area contributed by atoms with Crippen LogP contribution in [0.15, 0.2) is 53.2 Å². The van der Waals surface area contributed by atoms with Crippen molar-refractivity contribution in [3.05, 3.63) is 71.4 Å². The number of hydrogen-bond donors (Lipinski definition) is 1. The largest absolute Gasteiger partial charge is 0.486 e. The smallest absolute Gasteiger partial charge is 0.287 e. The monoisotopic (exact) mass is 325 g/mol. The summed E-state index contributed by atoms with van der Waals surface area (Å²) in [6.07, 6.45) is 3.56. The van der Waals surface area contributed by atoms with E-state index in [9.17, 15) is 4.79 Å². The Morgan fingerprint density at radius 2 is 2.21 bits per heavy atom. The molecule has 24 heavy (non-hydrogen) atoms. The lowest BCUT2D eigenvalue weighted by Gasteiger charge is -2.05. The lowest BCUT2D eigenvalue weighted by atomic mass is 10.2. The molecule has 124 valence electrons. The first-order valence-electron chi connectivity index (χ1n) is 7.64. The summed E-state index contributed by atoms with van der Waals surface area (Å²) < 4.78 is 12.9. The third-order valence-corrected chi connectivity index (χ3v) is 3.47. The van der Waals surface area contributed by atoms with Crippen LogP contribution in [-0.2, 0) is 20.2 Å². The Bertz CT molecular complexity index is 835. The normalized spacial score (nSPS) is 10.6. The molecule has 0 spiro atoms. The van der Waals surface area contributed by atoms with Crippen molar-refractivity contribution >= 4 is 5.91 Å². The van der Waals surface area contributed by atoms with Gasteiger partial charge in [0, 0.05) is 25.4 Å². The topological polar surface area (TPSA) is 69.3 Å². The van der Waals surface area contributed by atoms with Crippen LogP contribution in [0.3, 0.4) is 0 Å². The molecule has 0 aliphatic carbocycles. The predicted octanol–water partition coefficient (Wildman–Crippen LogP) is 2.83. The number of aryl methyl sites for hydroxylation is 2. The Hall–Kier alpha value is -3.02. The number of hydrogen-bond acceptors (Lipinski definition) is 4. The maximum absolute atomic E-state index is 12.1. The van der Waals surface area contributed by atoms with Gasteiger partial charge in [-0.15, -0.1) is 0 Å². The summed E-state index contributed by atoms with van der Waals surface area (Å²) in [5.41, 5.74) is 2.06. The van der Waals surface area contributed by atoms with Crippen LogP contribution in [0.1, 0.15) is 27.4 Å². The van der Waals surface area contributed by atoms with Gasteiger partial charge in [-0.25, -0.2) is 0 Å². The van der Waals surface area contributed by atoms with Gasteiger partial charge in [0.1, 0.15) is 18.1 Å². The van der Waals surface area contributed by atoms with Gasteiger partial charge in [-0.3, -0.25) is 9.48 Å². The Morgan fingerprint density at radius 3 is 2.96 bits per heavy atom. The molecule has 2 aromatic heterocycles. The van der Waals surface area contributed by atoms with Crippen molar-refractivity contribution < 1.29 is 13.9 Å². The van der Waals surface area contributed by atoms with E-state index < -0.39 is 0 Å². The zero-order valence-electron chi connectivity index (χ0n) is 13.7. The molecule has 2 heterocycles. The molecule has 0 radical (unpaired) electrons. The number of ether oxygens (including phenoxy) is 1. The van der Waals surface area contributed by atoms with Crippen molar-refractivity contribution in [1.29, 1.82) is 0 Å². The fraction of sp³-hybridized carbons (Fsp3) is 0.222. The summed E-state index contributed by atoms with van der Waals surface area (Å²) in [4.78, 5) is 12.1. The molecule has 3 rings (SSSR count). The summed E-state index contributed by atoms with van der Waals surface area (Å²) in [6.45, 7) is 2.69. The molecular formula is C18H19N3O3. The molecule has 1 N–H and O–H groups in total. The standard InChI is InChI=1S/C18H19N3O3/c1-13-4-3-5-15(8-13)23-12-16-6-7-17(24-16)18(22)19-9-14-10-20-21(2)11-14/h3-8,10-11H,9,12H2,1-2H3,(H,19,22). The second-order valence-corrected chi connectivity index (χ2v) is 5.58. The number of benzene rings is 1. The molecule has 6 nitrogen and oxygen atoms in total. The summed E-state index contributed by atoms with van der Waals surface area (Å²) in [5.74, 6) is 1.37. The van der Waals surface area contributed by atoms with Crippen LogP contribution in [-0.4, -0.2) is 15.7 Å². The number of carbonyl (C=O) groups excluding carboxylic acids is 1. The van der Waals surface area contributed by atoms with Gasteiger partial charge in [0.05, 0.1) is 6.20 Å². The highest BCUT2D eigenvalue weighted by Gasteiger charge is 2.11. The summed E-state index contributed by atoms with van der Waals surface area (Å²) in [5, 5.41) is 6.85. The van der Waals surface area contributed by atoms with Crippen LogP contribution >= 0.6 is 0 Å². The van der Waals surface area contributed by atoms with Gasteiger partial charge in [-0.1, -0.05) is 12.1 Å². The minimum absolute atomic E-state index is 0.263. The number of nitrogens with zero attached hydrogens (tertiary/aromatic N) is 2. The van der Waals surface area contributed by atoms with Gasteiger partial charge in [-0.2, -0.15) is 5.10 Å². The molecule has 0 fully saturated rings. The first kappa shape index (κ1) is 15.9. The summed E-state index contributed by atoms with van der Waals surface area (Å²) in [7, 11) is 1.83. The number of furan rings is 1. The minimum atomic E-state index is -0.263. The Balaban J connectivity index is 1.53. The lowest BCUT2D eigenvalue weighted by molar-refractivity contribution is 0.0919. The van der Waals surface area contributed by atoms with Crippen LogP contribution in [0.25, 0.3) is 0 Å². The molecule has 0 saturated heterocycles. The predicted molar refractivity (Wildman–Crippen MR) is 88.6 cm³/mol. The highest BCUT2D eigenvalue weighted by Crippen LogP contribution is 2.16. The van der Waals surface area contributed by atoms with Crippen LogP contribution in [0, 0.1) is 6.92 Å². The fourth-order valence-corrected chi connectivity index (χ4v) is 2.27. The highest BCUT2D eigenvalue weighted by atomic mass is 16.5. The van der Waals surface area contributed by atoms with Crippen molar-refractivity contribution in [3.8, 4) is 5.75 Å². The van der Waals surface area contributed by atoms with E-state index in [4.69, 9.17) is 9.15 Å². The second-order valence-electron chi connectivity index (χ2n) is 5.58. The third-order valence-electron chi connectivity index (χ3n) is 3.47. The van der Waals surface area contributed by atoms with Gasteiger partial charge in [-0.05, 0) is 36.8 Å². The molecule has 0 unspecified atom stereocenters. The zero-order chi connectivity index (χ0) is 16.9. The number of nitrogens with one attached hydrogen (secondary N) is 1. The Kier molecular flexibility index (Phi) is 4.65. The minimum Gasteiger partial charge on any atom is -0.486 e. The molecule has 1 aromatic carbocycles. The molecule has 0 aliphatic heterocycles. The van der Waals surface area contributed by atoms with Gasteiger partial charge in [0.25, 0.3) is 5.91 Å². The number of carbonyl (C=O) groups is 1. The van der Waals surface area contributed by atoms with Crippen LogP contribution < -0.4 is 10.1 Å². The van der Waals surface area contributed by atoms with Crippen molar-refractivity contribution in [2.45, 2.75) is 20.1 Å². The zero-order valence-corrected chi connectivity index (χ0v) is 13.7.